The zero-order chi connectivity index (χ0) is 26.2. The van der Waals surface area contributed by atoms with Gasteiger partial charge in [0, 0.05) is 40.3 Å². The molecule has 3 aromatic rings. The molecule has 1 fully saturated rings. The number of piperazine rings is 1. The fraction of sp³-hybridized carbons (Fsp3) is 0.240. The van der Waals surface area contributed by atoms with Crippen molar-refractivity contribution in [3.05, 3.63) is 80.3 Å². The molecule has 0 bridgehead atoms. The van der Waals surface area contributed by atoms with Crippen molar-refractivity contribution < 1.29 is 13.2 Å². The molecule has 1 heterocycles. The predicted molar refractivity (Wildman–Crippen MR) is 147 cm³/mol. The maximum Gasteiger partial charge on any atom is 0.254 e. The van der Waals surface area contributed by atoms with Gasteiger partial charge in [0.15, 0.2) is 0 Å². The summed E-state index contributed by atoms with van der Waals surface area (Å²) >= 11 is 25.3. The van der Waals surface area contributed by atoms with E-state index in [-0.39, 0.29) is 33.9 Å². The van der Waals surface area contributed by atoms with Gasteiger partial charge in [0.1, 0.15) is 4.90 Å². The van der Waals surface area contributed by atoms with E-state index in [0.717, 1.165) is 16.8 Å². The molecule has 0 radical (unpaired) electrons. The molecule has 1 aliphatic rings. The molecule has 1 saturated heterocycles. The molecule has 1 aliphatic heterocycles. The van der Waals surface area contributed by atoms with Crippen LogP contribution in [0.25, 0.3) is 11.1 Å². The van der Waals surface area contributed by atoms with Crippen LogP contribution in [0.5, 0.6) is 0 Å². The predicted octanol–water partition coefficient (Wildman–Crippen LogP) is 6.18. The van der Waals surface area contributed by atoms with Gasteiger partial charge in [-0.25, -0.2) is 8.42 Å². The zero-order valence-corrected chi connectivity index (χ0v) is 23.4. The summed E-state index contributed by atoms with van der Waals surface area (Å²) in [6, 6.07) is 15.6. The smallest absolute Gasteiger partial charge is 0.254 e. The van der Waals surface area contributed by atoms with E-state index in [1.165, 1.54) is 21.3 Å². The van der Waals surface area contributed by atoms with Crippen LogP contribution >= 0.6 is 46.4 Å². The molecule has 0 aromatic heterocycles. The van der Waals surface area contributed by atoms with Crippen molar-refractivity contribution in [1.29, 1.82) is 0 Å². The van der Waals surface area contributed by atoms with Crippen molar-refractivity contribution in [1.82, 2.24) is 9.21 Å². The Balaban J connectivity index is 1.50. The Morgan fingerprint density at radius 2 is 1.33 bits per heavy atom. The Hall–Kier alpha value is -2.00. The van der Waals surface area contributed by atoms with E-state index in [2.05, 4.69) is 0 Å². The van der Waals surface area contributed by atoms with Crippen LogP contribution in [0.3, 0.4) is 0 Å². The standard InChI is InChI=1S/C25H23Cl4N3O3S/c1-30(2)25(33)18-8-6-16(14-21(18)28)17-7-9-23(22(29)15-17)31-10-12-32(13-11-31)36(34,35)24-19(26)4-3-5-20(24)27/h3-9,14-15H,10-13H2,1-2H3. The Morgan fingerprint density at radius 3 is 1.86 bits per heavy atom. The summed E-state index contributed by atoms with van der Waals surface area (Å²) in [5.74, 6) is -0.169. The van der Waals surface area contributed by atoms with Crippen molar-refractivity contribution in [2.24, 2.45) is 0 Å². The number of anilines is 1. The lowest BCUT2D eigenvalue weighted by Gasteiger charge is -2.36. The van der Waals surface area contributed by atoms with Crippen molar-refractivity contribution in [2.75, 3.05) is 45.2 Å². The third-order valence-electron chi connectivity index (χ3n) is 5.98. The van der Waals surface area contributed by atoms with Gasteiger partial charge in [-0.3, -0.25) is 4.79 Å². The second kappa shape index (κ2) is 10.8. The summed E-state index contributed by atoms with van der Waals surface area (Å²) in [6.45, 7) is 1.43. The van der Waals surface area contributed by atoms with Crippen LogP contribution < -0.4 is 4.90 Å². The van der Waals surface area contributed by atoms with Crippen LogP contribution in [0, 0.1) is 0 Å². The molecule has 11 heteroatoms. The van der Waals surface area contributed by atoms with Gasteiger partial charge in [0.05, 0.1) is 31.3 Å². The van der Waals surface area contributed by atoms with Gasteiger partial charge >= 0.3 is 0 Å². The second-order valence-corrected chi connectivity index (χ2v) is 12.0. The summed E-state index contributed by atoms with van der Waals surface area (Å²) in [6.07, 6.45) is 0. The molecule has 0 N–H and O–H groups in total. The maximum atomic E-state index is 13.1. The van der Waals surface area contributed by atoms with Crippen molar-refractivity contribution >= 4 is 68.0 Å². The average molecular weight is 587 g/mol. The molecular weight excluding hydrogens is 564 g/mol. The SMILES string of the molecule is CN(C)C(=O)c1ccc(-c2ccc(N3CCN(S(=O)(=O)c4c(Cl)cccc4Cl)CC3)c(Cl)c2)cc1Cl. The largest absolute Gasteiger partial charge is 0.368 e. The third-order valence-corrected chi connectivity index (χ3v) is 9.45. The summed E-state index contributed by atoms with van der Waals surface area (Å²) in [4.78, 5) is 15.7. The van der Waals surface area contributed by atoms with E-state index in [0.29, 0.717) is 28.7 Å². The minimum Gasteiger partial charge on any atom is -0.368 e. The summed E-state index contributed by atoms with van der Waals surface area (Å²) in [5.41, 5.74) is 2.91. The molecule has 0 unspecified atom stereocenters. The summed E-state index contributed by atoms with van der Waals surface area (Å²) in [5, 5.41) is 1.09. The first-order valence-electron chi connectivity index (χ1n) is 11.0. The molecule has 1 amide bonds. The van der Waals surface area contributed by atoms with E-state index >= 15 is 0 Å². The van der Waals surface area contributed by atoms with Gasteiger partial charge in [0.25, 0.3) is 5.91 Å². The fourth-order valence-electron chi connectivity index (χ4n) is 4.08. The number of carbonyl (C=O) groups is 1. The number of nitrogens with zero attached hydrogens (tertiary/aromatic N) is 3. The van der Waals surface area contributed by atoms with Crippen LogP contribution in [0.1, 0.15) is 10.4 Å². The number of sulfonamides is 1. The number of hydrogen-bond donors (Lipinski definition) is 0. The lowest BCUT2D eigenvalue weighted by molar-refractivity contribution is 0.0828. The highest BCUT2D eigenvalue weighted by Crippen LogP contribution is 2.35. The molecule has 36 heavy (non-hydrogen) atoms. The first-order valence-corrected chi connectivity index (χ1v) is 14.0. The van der Waals surface area contributed by atoms with E-state index in [4.69, 9.17) is 46.4 Å². The lowest BCUT2D eigenvalue weighted by atomic mass is 10.0. The highest BCUT2D eigenvalue weighted by Gasteiger charge is 2.32. The second-order valence-electron chi connectivity index (χ2n) is 8.50. The lowest BCUT2D eigenvalue weighted by Crippen LogP contribution is -2.48. The minimum absolute atomic E-state index is 0.0684. The molecule has 0 aliphatic carbocycles. The van der Waals surface area contributed by atoms with E-state index in [1.54, 1.807) is 32.3 Å². The Kier molecular flexibility index (Phi) is 8.10. The number of benzene rings is 3. The number of halogens is 4. The van der Waals surface area contributed by atoms with Crippen LogP contribution in [0.4, 0.5) is 5.69 Å². The highest BCUT2D eigenvalue weighted by atomic mass is 35.5. The fourth-order valence-corrected chi connectivity index (χ4v) is 7.15. The third kappa shape index (κ3) is 5.32. The first-order chi connectivity index (χ1) is 17.0. The van der Waals surface area contributed by atoms with Crippen molar-refractivity contribution in [2.45, 2.75) is 4.90 Å². The van der Waals surface area contributed by atoms with Gasteiger partial charge in [0.2, 0.25) is 10.0 Å². The normalized spacial score (nSPS) is 14.7. The topological polar surface area (TPSA) is 60.9 Å². The number of hydrogen-bond acceptors (Lipinski definition) is 4. The van der Waals surface area contributed by atoms with Crippen LogP contribution in [0.15, 0.2) is 59.5 Å². The quantitative estimate of drug-likeness (QED) is 0.358. The number of carbonyl (C=O) groups excluding carboxylic acids is 1. The molecule has 190 valence electrons. The Bertz CT molecular complexity index is 1400. The van der Waals surface area contributed by atoms with Crippen molar-refractivity contribution in [3.63, 3.8) is 0 Å². The monoisotopic (exact) mass is 585 g/mol. The Morgan fingerprint density at radius 1 is 0.778 bits per heavy atom. The van der Waals surface area contributed by atoms with Gasteiger partial charge in [-0.1, -0.05) is 64.6 Å². The van der Waals surface area contributed by atoms with Gasteiger partial charge in [-0.2, -0.15) is 4.31 Å². The van der Waals surface area contributed by atoms with Crippen LogP contribution in [-0.2, 0) is 10.0 Å². The molecule has 0 atom stereocenters. The summed E-state index contributed by atoms with van der Waals surface area (Å²) < 4.78 is 27.7. The summed E-state index contributed by atoms with van der Waals surface area (Å²) in [7, 11) is -0.485. The van der Waals surface area contributed by atoms with E-state index in [9.17, 15) is 13.2 Å². The van der Waals surface area contributed by atoms with Gasteiger partial charge in [-0.05, 0) is 47.5 Å². The highest BCUT2D eigenvalue weighted by molar-refractivity contribution is 7.89. The maximum absolute atomic E-state index is 13.1. The number of rotatable bonds is 5. The van der Waals surface area contributed by atoms with Gasteiger partial charge in [-0.15, -0.1) is 0 Å². The zero-order valence-electron chi connectivity index (χ0n) is 19.5. The molecular formula is C25H23Cl4N3O3S. The molecule has 6 nitrogen and oxygen atoms in total. The average Bonchev–Trinajstić information content (AvgIpc) is 2.83. The van der Waals surface area contributed by atoms with E-state index in [1.807, 2.05) is 29.2 Å². The van der Waals surface area contributed by atoms with E-state index < -0.39 is 10.0 Å². The van der Waals surface area contributed by atoms with Crippen LogP contribution in [0.2, 0.25) is 20.1 Å². The van der Waals surface area contributed by atoms with Crippen LogP contribution in [-0.4, -0.2) is 63.8 Å². The minimum atomic E-state index is -3.83. The number of amides is 1. The first kappa shape index (κ1) is 27.0. The molecule has 0 spiro atoms. The molecule has 4 rings (SSSR count). The van der Waals surface area contributed by atoms with Gasteiger partial charge < -0.3 is 9.80 Å². The van der Waals surface area contributed by atoms with Crippen molar-refractivity contribution in [3.8, 4) is 11.1 Å². The molecule has 0 saturated carbocycles. The molecule has 3 aromatic carbocycles. The Labute approximate surface area is 231 Å².